The molecule has 0 amide bonds. The summed E-state index contributed by atoms with van der Waals surface area (Å²) in [5.74, 6) is -1.75. The molecule has 2 rings (SSSR count). The van der Waals surface area contributed by atoms with E-state index in [1.807, 2.05) is 0 Å². The van der Waals surface area contributed by atoms with Crippen LogP contribution < -0.4 is 4.74 Å². The fourth-order valence-electron chi connectivity index (χ4n) is 1.42. The van der Waals surface area contributed by atoms with Gasteiger partial charge in [-0.1, -0.05) is 12.8 Å². The van der Waals surface area contributed by atoms with Crippen LogP contribution >= 0.6 is 0 Å². The zero-order chi connectivity index (χ0) is 11.5. The predicted molar refractivity (Wildman–Crippen MR) is 54.0 cm³/mol. The number of pyridine rings is 1. The van der Waals surface area contributed by atoms with Crippen molar-refractivity contribution in [1.82, 2.24) is 4.98 Å². The van der Waals surface area contributed by atoms with Crippen molar-refractivity contribution >= 4 is 5.97 Å². The summed E-state index contributed by atoms with van der Waals surface area (Å²) in [5, 5.41) is 8.69. The highest BCUT2D eigenvalue weighted by atomic mass is 19.1. The van der Waals surface area contributed by atoms with Gasteiger partial charge in [0.1, 0.15) is 5.56 Å². The first kappa shape index (κ1) is 10.9. The fourth-order valence-corrected chi connectivity index (χ4v) is 1.42. The molecule has 0 bridgehead atoms. The van der Waals surface area contributed by atoms with E-state index < -0.39 is 17.3 Å². The number of aromatic carboxylic acids is 1. The van der Waals surface area contributed by atoms with Crippen LogP contribution in [0.25, 0.3) is 0 Å². The van der Waals surface area contributed by atoms with Crippen LogP contribution in [0, 0.1) is 11.7 Å². The maximum Gasteiger partial charge on any atom is 0.338 e. The molecule has 1 heterocycles. The third-order valence-electron chi connectivity index (χ3n) is 2.55. The summed E-state index contributed by atoms with van der Waals surface area (Å²) in [6, 6.07) is 1.12. The Hall–Kier alpha value is -1.65. The number of carbonyl (C=O) groups is 1. The summed E-state index contributed by atoms with van der Waals surface area (Å²) in [4.78, 5) is 14.3. The largest absolute Gasteiger partial charge is 0.478 e. The zero-order valence-corrected chi connectivity index (χ0v) is 8.65. The summed E-state index contributed by atoms with van der Waals surface area (Å²) in [5.41, 5.74) is -0.406. The number of ether oxygens (including phenoxy) is 1. The van der Waals surface area contributed by atoms with Crippen molar-refractivity contribution in [3.05, 3.63) is 23.6 Å². The Bertz CT molecular complexity index is 404. The Morgan fingerprint density at radius 1 is 1.62 bits per heavy atom. The SMILES string of the molecule is O=C(O)c1ccnc(OCCC2CC2)c1F. The summed E-state index contributed by atoms with van der Waals surface area (Å²) in [6.45, 7) is 0.387. The number of rotatable bonds is 5. The Balaban J connectivity index is 2.01. The first-order chi connectivity index (χ1) is 7.68. The van der Waals surface area contributed by atoms with Crippen LogP contribution in [0.15, 0.2) is 12.3 Å². The maximum atomic E-state index is 13.5. The van der Waals surface area contributed by atoms with Crippen molar-refractivity contribution < 1.29 is 19.0 Å². The molecule has 0 unspecified atom stereocenters. The molecule has 0 radical (unpaired) electrons. The quantitative estimate of drug-likeness (QED) is 0.833. The van der Waals surface area contributed by atoms with E-state index in [2.05, 4.69) is 4.98 Å². The van der Waals surface area contributed by atoms with Crippen molar-refractivity contribution in [2.24, 2.45) is 5.92 Å². The van der Waals surface area contributed by atoms with Gasteiger partial charge >= 0.3 is 5.97 Å². The normalized spacial score (nSPS) is 14.8. The summed E-state index contributed by atoms with van der Waals surface area (Å²) < 4.78 is 18.6. The Labute approximate surface area is 92.1 Å². The molecule has 1 aliphatic carbocycles. The Kier molecular flexibility index (Phi) is 3.03. The second-order valence-corrected chi connectivity index (χ2v) is 3.86. The second-order valence-electron chi connectivity index (χ2n) is 3.86. The minimum absolute atomic E-state index is 0.222. The molecular formula is C11H12FNO3. The first-order valence-electron chi connectivity index (χ1n) is 5.19. The number of aromatic nitrogens is 1. The lowest BCUT2D eigenvalue weighted by atomic mass is 10.2. The van der Waals surface area contributed by atoms with E-state index in [0.29, 0.717) is 12.5 Å². The lowest BCUT2D eigenvalue weighted by molar-refractivity contribution is 0.0690. The van der Waals surface area contributed by atoms with Gasteiger partial charge in [-0.05, 0) is 18.4 Å². The standard InChI is InChI=1S/C11H12FNO3/c12-9-8(11(14)15)3-5-13-10(9)16-6-4-7-1-2-7/h3,5,7H,1-2,4,6H2,(H,14,15). The highest BCUT2D eigenvalue weighted by Crippen LogP contribution is 2.32. The molecule has 1 aliphatic rings. The monoisotopic (exact) mass is 225 g/mol. The van der Waals surface area contributed by atoms with Crippen molar-refractivity contribution in [2.45, 2.75) is 19.3 Å². The number of nitrogens with zero attached hydrogens (tertiary/aromatic N) is 1. The summed E-state index contributed by atoms with van der Waals surface area (Å²) in [7, 11) is 0. The van der Waals surface area contributed by atoms with Gasteiger partial charge in [0.15, 0.2) is 5.82 Å². The third kappa shape index (κ3) is 2.48. The molecule has 1 aromatic heterocycles. The van der Waals surface area contributed by atoms with Gasteiger partial charge in [0.25, 0.3) is 5.88 Å². The van der Waals surface area contributed by atoms with Gasteiger partial charge in [-0.2, -0.15) is 0 Å². The van der Waals surface area contributed by atoms with E-state index in [0.717, 1.165) is 12.5 Å². The van der Waals surface area contributed by atoms with Gasteiger partial charge in [-0.3, -0.25) is 0 Å². The van der Waals surface area contributed by atoms with Crippen LogP contribution in [0.3, 0.4) is 0 Å². The molecular weight excluding hydrogens is 213 g/mol. The lowest BCUT2D eigenvalue weighted by Gasteiger charge is -2.06. The van der Waals surface area contributed by atoms with E-state index in [9.17, 15) is 9.18 Å². The molecule has 0 aromatic carbocycles. The van der Waals surface area contributed by atoms with Crippen LogP contribution in [0.5, 0.6) is 5.88 Å². The van der Waals surface area contributed by atoms with Gasteiger partial charge in [-0.25, -0.2) is 14.2 Å². The van der Waals surface area contributed by atoms with Crippen LogP contribution in [-0.4, -0.2) is 22.7 Å². The lowest BCUT2D eigenvalue weighted by Crippen LogP contribution is -2.07. The second kappa shape index (κ2) is 4.47. The number of halogens is 1. The Morgan fingerprint density at radius 3 is 3.00 bits per heavy atom. The molecule has 1 fully saturated rings. The van der Waals surface area contributed by atoms with Crippen molar-refractivity contribution in [2.75, 3.05) is 6.61 Å². The minimum atomic E-state index is -1.31. The third-order valence-corrected chi connectivity index (χ3v) is 2.55. The number of hydrogen-bond acceptors (Lipinski definition) is 3. The van der Waals surface area contributed by atoms with Crippen molar-refractivity contribution in [3.63, 3.8) is 0 Å². The number of carboxylic acids is 1. The molecule has 0 aliphatic heterocycles. The van der Waals surface area contributed by atoms with Gasteiger partial charge in [0, 0.05) is 6.20 Å². The molecule has 0 atom stereocenters. The molecule has 86 valence electrons. The molecule has 16 heavy (non-hydrogen) atoms. The molecule has 1 aromatic rings. The van der Waals surface area contributed by atoms with E-state index in [1.54, 1.807) is 0 Å². The van der Waals surface area contributed by atoms with Crippen LogP contribution in [0.2, 0.25) is 0 Å². The summed E-state index contributed by atoms with van der Waals surface area (Å²) >= 11 is 0. The zero-order valence-electron chi connectivity index (χ0n) is 8.65. The number of carboxylic acid groups (broad SMARTS) is 1. The van der Waals surface area contributed by atoms with E-state index >= 15 is 0 Å². The first-order valence-corrected chi connectivity index (χ1v) is 5.19. The van der Waals surface area contributed by atoms with E-state index in [1.165, 1.54) is 19.0 Å². The van der Waals surface area contributed by atoms with Gasteiger partial charge in [0.05, 0.1) is 6.61 Å². The summed E-state index contributed by atoms with van der Waals surface area (Å²) in [6.07, 6.45) is 4.51. The maximum absolute atomic E-state index is 13.5. The van der Waals surface area contributed by atoms with Gasteiger partial charge in [-0.15, -0.1) is 0 Å². The Morgan fingerprint density at radius 2 is 2.38 bits per heavy atom. The van der Waals surface area contributed by atoms with Crippen molar-refractivity contribution in [1.29, 1.82) is 0 Å². The topological polar surface area (TPSA) is 59.4 Å². The highest BCUT2D eigenvalue weighted by Gasteiger charge is 2.22. The van der Waals surface area contributed by atoms with Crippen LogP contribution in [0.1, 0.15) is 29.6 Å². The molecule has 0 saturated heterocycles. The molecule has 1 saturated carbocycles. The van der Waals surface area contributed by atoms with Gasteiger partial charge < -0.3 is 9.84 Å². The van der Waals surface area contributed by atoms with Crippen LogP contribution in [-0.2, 0) is 0 Å². The minimum Gasteiger partial charge on any atom is -0.478 e. The predicted octanol–water partition coefficient (Wildman–Crippen LogP) is 2.10. The average molecular weight is 225 g/mol. The number of hydrogen-bond donors (Lipinski definition) is 1. The van der Waals surface area contributed by atoms with Gasteiger partial charge in [0.2, 0.25) is 0 Å². The molecule has 0 spiro atoms. The smallest absolute Gasteiger partial charge is 0.338 e. The fraction of sp³-hybridized carbons (Fsp3) is 0.455. The molecule has 1 N–H and O–H groups in total. The van der Waals surface area contributed by atoms with E-state index in [4.69, 9.17) is 9.84 Å². The van der Waals surface area contributed by atoms with Crippen molar-refractivity contribution in [3.8, 4) is 5.88 Å². The molecule has 4 nitrogen and oxygen atoms in total. The highest BCUT2D eigenvalue weighted by molar-refractivity contribution is 5.88. The average Bonchev–Trinajstić information content (AvgIpc) is 3.04. The van der Waals surface area contributed by atoms with E-state index in [-0.39, 0.29) is 5.88 Å². The van der Waals surface area contributed by atoms with Crippen LogP contribution in [0.4, 0.5) is 4.39 Å². The molecule has 5 heteroatoms.